The number of anilines is 1. The first-order valence-corrected chi connectivity index (χ1v) is 10.3. The van der Waals surface area contributed by atoms with Gasteiger partial charge in [0.25, 0.3) is 0 Å². The number of nitrogens with zero attached hydrogens (tertiary/aromatic N) is 1. The van der Waals surface area contributed by atoms with Gasteiger partial charge in [-0.3, -0.25) is 4.79 Å². The maximum atomic E-state index is 12.9. The molecule has 1 aliphatic heterocycles. The van der Waals surface area contributed by atoms with Crippen molar-refractivity contribution in [3.63, 3.8) is 0 Å². The van der Waals surface area contributed by atoms with Crippen molar-refractivity contribution in [2.24, 2.45) is 0 Å². The predicted octanol–water partition coefficient (Wildman–Crippen LogP) is 5.01. The molecule has 2 heterocycles. The molecule has 0 saturated carbocycles. The summed E-state index contributed by atoms with van der Waals surface area (Å²) in [4.78, 5) is 12.9. The number of nitrogens with one attached hydrogen (secondary N) is 1. The Hall–Kier alpha value is -3.35. The third kappa shape index (κ3) is 3.54. The fraction of sp³-hybridized carbons (Fsp3) is 0.167. The van der Waals surface area contributed by atoms with Gasteiger partial charge in [0, 0.05) is 21.7 Å². The summed E-state index contributed by atoms with van der Waals surface area (Å²) < 4.78 is 11.3. The Balaban J connectivity index is 1.55. The molecule has 2 N–H and O–H groups in total. The van der Waals surface area contributed by atoms with Crippen LogP contribution in [0.3, 0.4) is 0 Å². The van der Waals surface area contributed by atoms with Gasteiger partial charge in [-0.15, -0.1) is 0 Å². The molecule has 0 aliphatic carbocycles. The van der Waals surface area contributed by atoms with Crippen molar-refractivity contribution < 1.29 is 19.2 Å². The van der Waals surface area contributed by atoms with E-state index in [9.17, 15) is 9.90 Å². The average molecular weight is 435 g/mol. The third-order valence-corrected chi connectivity index (χ3v) is 5.74. The molecule has 6 nitrogen and oxygen atoms in total. The number of benzene rings is 3. The molecule has 0 saturated heterocycles. The summed E-state index contributed by atoms with van der Waals surface area (Å²) in [5, 5.41) is 19.5. The fourth-order valence-corrected chi connectivity index (χ4v) is 4.02. The largest absolute Gasteiger partial charge is 0.488 e. The number of hydrogen-bond donors (Lipinski definition) is 2. The van der Waals surface area contributed by atoms with Gasteiger partial charge in [0.2, 0.25) is 0 Å². The Morgan fingerprint density at radius 2 is 1.87 bits per heavy atom. The molecule has 1 aromatic heterocycles. The predicted molar refractivity (Wildman–Crippen MR) is 118 cm³/mol. The van der Waals surface area contributed by atoms with Gasteiger partial charge in [0.05, 0.1) is 11.4 Å². The molecule has 4 aromatic rings. The molecule has 1 aliphatic rings. The SMILES string of the molecule is CC1Oc2ccc(C(=O)c3ccccc3)cc2[C@@H](Nc2noc3ccc(Cl)cc23)[C@@H]1O. The Bertz CT molecular complexity index is 1270. The first-order chi connectivity index (χ1) is 15.0. The highest BCUT2D eigenvalue weighted by Crippen LogP contribution is 2.39. The highest BCUT2D eigenvalue weighted by molar-refractivity contribution is 6.31. The Kier molecular flexibility index (Phi) is 4.88. The lowest BCUT2D eigenvalue weighted by Gasteiger charge is -2.35. The van der Waals surface area contributed by atoms with Crippen molar-refractivity contribution >= 4 is 34.2 Å². The van der Waals surface area contributed by atoms with Crippen LogP contribution < -0.4 is 10.1 Å². The molecule has 1 unspecified atom stereocenters. The van der Waals surface area contributed by atoms with Crippen LogP contribution in [0.25, 0.3) is 11.0 Å². The summed E-state index contributed by atoms with van der Waals surface area (Å²) >= 11 is 6.13. The van der Waals surface area contributed by atoms with Gasteiger partial charge >= 0.3 is 0 Å². The molecular formula is C24H19ClN2O4. The van der Waals surface area contributed by atoms with E-state index in [4.69, 9.17) is 20.9 Å². The van der Waals surface area contributed by atoms with E-state index in [1.165, 1.54) is 0 Å². The fourth-order valence-electron chi connectivity index (χ4n) is 3.85. The van der Waals surface area contributed by atoms with Crippen LogP contribution in [0.4, 0.5) is 5.82 Å². The highest BCUT2D eigenvalue weighted by atomic mass is 35.5. The van der Waals surface area contributed by atoms with Crippen LogP contribution in [0.1, 0.15) is 34.5 Å². The molecule has 3 aromatic carbocycles. The lowest BCUT2D eigenvalue weighted by atomic mass is 9.91. The number of fused-ring (bicyclic) bond motifs is 2. The number of rotatable bonds is 4. The zero-order chi connectivity index (χ0) is 21.5. The van der Waals surface area contributed by atoms with Gasteiger partial charge < -0.3 is 19.7 Å². The monoisotopic (exact) mass is 434 g/mol. The van der Waals surface area contributed by atoms with Gasteiger partial charge in [-0.05, 0) is 43.3 Å². The molecule has 156 valence electrons. The van der Waals surface area contributed by atoms with E-state index in [0.717, 1.165) is 0 Å². The summed E-state index contributed by atoms with van der Waals surface area (Å²) in [5.41, 5.74) is 2.35. The first-order valence-electron chi connectivity index (χ1n) is 9.91. The van der Waals surface area contributed by atoms with E-state index < -0.39 is 18.2 Å². The number of aliphatic hydroxyl groups excluding tert-OH is 1. The molecule has 5 rings (SSSR count). The summed E-state index contributed by atoms with van der Waals surface area (Å²) in [7, 11) is 0. The zero-order valence-corrected chi connectivity index (χ0v) is 17.3. The number of aliphatic hydroxyl groups is 1. The van der Waals surface area contributed by atoms with Crippen LogP contribution in [-0.2, 0) is 0 Å². The quantitative estimate of drug-likeness (QED) is 0.439. The van der Waals surface area contributed by atoms with Crippen molar-refractivity contribution in [1.29, 1.82) is 0 Å². The first kappa shape index (κ1) is 19.6. The normalized spacial score (nSPS) is 20.2. The van der Waals surface area contributed by atoms with Gasteiger partial charge in [-0.1, -0.05) is 47.1 Å². The van der Waals surface area contributed by atoms with Gasteiger partial charge in [-0.2, -0.15) is 0 Å². The smallest absolute Gasteiger partial charge is 0.193 e. The van der Waals surface area contributed by atoms with Gasteiger partial charge in [0.15, 0.2) is 17.2 Å². The molecule has 0 spiro atoms. The second-order valence-corrected chi connectivity index (χ2v) is 7.99. The molecule has 0 amide bonds. The number of halogens is 1. The van der Waals surface area contributed by atoms with Crippen molar-refractivity contribution in [2.45, 2.75) is 25.2 Å². The molecule has 31 heavy (non-hydrogen) atoms. The third-order valence-electron chi connectivity index (χ3n) is 5.50. The van der Waals surface area contributed by atoms with Crippen LogP contribution in [-0.4, -0.2) is 28.3 Å². The van der Waals surface area contributed by atoms with Gasteiger partial charge in [-0.25, -0.2) is 0 Å². The lowest BCUT2D eigenvalue weighted by Crippen LogP contribution is -2.41. The second kappa shape index (κ2) is 7.72. The summed E-state index contributed by atoms with van der Waals surface area (Å²) in [6.07, 6.45) is -1.33. The Labute approximate surface area is 183 Å². The van der Waals surface area contributed by atoms with Gasteiger partial charge in [0.1, 0.15) is 18.0 Å². The molecular weight excluding hydrogens is 416 g/mol. The van der Waals surface area contributed by atoms with E-state index in [-0.39, 0.29) is 5.78 Å². The van der Waals surface area contributed by atoms with Crippen LogP contribution in [0.15, 0.2) is 71.3 Å². The molecule has 0 radical (unpaired) electrons. The van der Waals surface area contributed by atoms with Crippen LogP contribution >= 0.6 is 11.6 Å². The van der Waals surface area contributed by atoms with Crippen LogP contribution in [0.2, 0.25) is 5.02 Å². The highest BCUT2D eigenvalue weighted by Gasteiger charge is 2.36. The van der Waals surface area contributed by atoms with E-state index in [2.05, 4.69) is 10.5 Å². The second-order valence-electron chi connectivity index (χ2n) is 7.55. The minimum atomic E-state index is -0.875. The molecule has 7 heteroatoms. The Morgan fingerprint density at radius 1 is 1.06 bits per heavy atom. The topological polar surface area (TPSA) is 84.6 Å². The van der Waals surface area contributed by atoms with E-state index in [1.807, 2.05) is 18.2 Å². The minimum absolute atomic E-state index is 0.103. The maximum Gasteiger partial charge on any atom is 0.193 e. The van der Waals surface area contributed by atoms with Crippen molar-refractivity contribution in [1.82, 2.24) is 5.16 Å². The lowest BCUT2D eigenvalue weighted by molar-refractivity contribution is 0.0174. The van der Waals surface area contributed by atoms with Crippen molar-refractivity contribution in [3.05, 3.63) is 88.4 Å². The molecule has 3 atom stereocenters. The number of hydrogen-bond acceptors (Lipinski definition) is 6. The van der Waals surface area contributed by atoms with E-state index in [1.54, 1.807) is 55.5 Å². The Morgan fingerprint density at radius 3 is 2.68 bits per heavy atom. The number of carbonyl (C=O) groups excluding carboxylic acids is 1. The average Bonchev–Trinajstić information content (AvgIpc) is 3.18. The maximum absolute atomic E-state index is 12.9. The minimum Gasteiger partial charge on any atom is -0.488 e. The number of carbonyl (C=O) groups is 1. The number of ketones is 1. The summed E-state index contributed by atoms with van der Waals surface area (Å²) in [6.45, 7) is 1.79. The number of aromatic nitrogens is 1. The summed E-state index contributed by atoms with van der Waals surface area (Å²) in [5.74, 6) is 0.959. The van der Waals surface area contributed by atoms with Crippen molar-refractivity contribution in [2.75, 3.05) is 5.32 Å². The molecule has 0 bridgehead atoms. The standard InChI is InChI=1S/C24H19ClN2O4/c1-13-22(28)21(26-24-18-12-16(25)8-10-20(18)31-27-24)17-11-15(7-9-19(17)30-13)23(29)14-5-3-2-4-6-14/h2-13,21-22,28H,1H3,(H,26,27)/t13?,21-,22-/m1/s1. The van der Waals surface area contributed by atoms with Crippen LogP contribution in [0, 0.1) is 0 Å². The van der Waals surface area contributed by atoms with Crippen LogP contribution in [0.5, 0.6) is 5.75 Å². The summed E-state index contributed by atoms with van der Waals surface area (Å²) in [6, 6.07) is 19.0. The van der Waals surface area contributed by atoms with E-state index >= 15 is 0 Å². The molecule has 0 fully saturated rings. The van der Waals surface area contributed by atoms with Crippen molar-refractivity contribution in [3.8, 4) is 5.75 Å². The number of ether oxygens (including phenoxy) is 1. The van der Waals surface area contributed by atoms with E-state index in [0.29, 0.717) is 44.2 Å². The zero-order valence-electron chi connectivity index (χ0n) is 16.6.